The molecule has 4 nitrogen and oxygen atoms in total. The van der Waals surface area contributed by atoms with E-state index in [1.165, 1.54) is 0 Å². The lowest BCUT2D eigenvalue weighted by atomic mass is 10.5. The minimum atomic E-state index is 0.114. The Kier molecular flexibility index (Phi) is 2.80. The van der Waals surface area contributed by atoms with Crippen LogP contribution in [-0.4, -0.2) is 28.2 Å². The topological polar surface area (TPSA) is 58.0 Å². The molecule has 0 saturated carbocycles. The third-order valence-electron chi connectivity index (χ3n) is 1.19. The number of anilines is 1. The van der Waals surface area contributed by atoms with E-state index in [1.54, 1.807) is 12.3 Å². The smallest absolute Gasteiger partial charge is 0.129 e. The van der Waals surface area contributed by atoms with Crippen molar-refractivity contribution in [2.45, 2.75) is 6.92 Å². The van der Waals surface area contributed by atoms with Gasteiger partial charge in [0.1, 0.15) is 11.6 Å². The van der Waals surface area contributed by atoms with E-state index in [-0.39, 0.29) is 6.61 Å². The van der Waals surface area contributed by atoms with Gasteiger partial charge in [-0.15, -0.1) is 0 Å². The van der Waals surface area contributed by atoms with Crippen molar-refractivity contribution in [1.29, 1.82) is 0 Å². The van der Waals surface area contributed by atoms with Gasteiger partial charge in [0.15, 0.2) is 0 Å². The summed E-state index contributed by atoms with van der Waals surface area (Å²) in [7, 11) is 0. The van der Waals surface area contributed by atoms with Gasteiger partial charge >= 0.3 is 0 Å². The van der Waals surface area contributed by atoms with Crippen LogP contribution < -0.4 is 5.32 Å². The van der Waals surface area contributed by atoms with Gasteiger partial charge in [0, 0.05) is 12.7 Å². The lowest BCUT2D eigenvalue weighted by molar-refractivity contribution is 0.311. The Labute approximate surface area is 65.3 Å². The van der Waals surface area contributed by atoms with Gasteiger partial charge in [0.2, 0.25) is 0 Å². The SMILES string of the molecule is Cc1nccc(NCCO)n1. The fourth-order valence-electron chi connectivity index (χ4n) is 0.739. The van der Waals surface area contributed by atoms with Crippen LogP contribution in [0.3, 0.4) is 0 Å². The molecule has 1 aromatic rings. The highest BCUT2D eigenvalue weighted by atomic mass is 16.3. The number of aryl methyl sites for hydroxylation is 1. The third-order valence-corrected chi connectivity index (χ3v) is 1.19. The molecule has 11 heavy (non-hydrogen) atoms. The molecule has 4 heteroatoms. The Bertz CT molecular complexity index is 227. The zero-order valence-electron chi connectivity index (χ0n) is 6.41. The minimum Gasteiger partial charge on any atom is -0.395 e. The number of aromatic nitrogens is 2. The van der Waals surface area contributed by atoms with Crippen LogP contribution in [-0.2, 0) is 0 Å². The average Bonchev–Trinajstić information content (AvgIpc) is 2.01. The number of hydrogen-bond donors (Lipinski definition) is 2. The number of nitrogens with zero attached hydrogens (tertiary/aromatic N) is 2. The second-order valence-corrected chi connectivity index (χ2v) is 2.14. The lowest BCUT2D eigenvalue weighted by Gasteiger charge is -2.01. The predicted octanol–water partition coefficient (Wildman–Crippen LogP) is 0.189. The van der Waals surface area contributed by atoms with Gasteiger partial charge in [-0.05, 0) is 13.0 Å². The summed E-state index contributed by atoms with van der Waals surface area (Å²) in [6, 6.07) is 1.77. The van der Waals surface area contributed by atoms with Crippen molar-refractivity contribution >= 4 is 5.82 Å². The molecule has 60 valence electrons. The molecule has 0 aliphatic carbocycles. The summed E-state index contributed by atoms with van der Waals surface area (Å²) >= 11 is 0. The van der Waals surface area contributed by atoms with Crippen LogP contribution in [0, 0.1) is 6.92 Å². The summed E-state index contributed by atoms with van der Waals surface area (Å²) in [5.74, 6) is 1.49. The summed E-state index contributed by atoms with van der Waals surface area (Å²) in [6.07, 6.45) is 1.68. The molecule has 0 spiro atoms. The molecule has 0 saturated heterocycles. The van der Waals surface area contributed by atoms with Crippen LogP contribution in [0.4, 0.5) is 5.82 Å². The molecule has 1 rings (SSSR count). The summed E-state index contributed by atoms with van der Waals surface area (Å²) in [5, 5.41) is 11.4. The Hall–Kier alpha value is -1.16. The number of aliphatic hydroxyl groups is 1. The summed E-state index contributed by atoms with van der Waals surface area (Å²) in [4.78, 5) is 8.01. The molecule has 1 aromatic heterocycles. The van der Waals surface area contributed by atoms with Crippen LogP contribution in [0.5, 0.6) is 0 Å². The first-order chi connectivity index (χ1) is 5.33. The van der Waals surface area contributed by atoms with E-state index < -0.39 is 0 Å². The van der Waals surface area contributed by atoms with E-state index >= 15 is 0 Å². The van der Waals surface area contributed by atoms with E-state index in [0.717, 1.165) is 11.6 Å². The summed E-state index contributed by atoms with van der Waals surface area (Å²) < 4.78 is 0. The predicted molar refractivity (Wildman–Crippen MR) is 42.3 cm³/mol. The minimum absolute atomic E-state index is 0.114. The first kappa shape index (κ1) is 7.94. The lowest BCUT2D eigenvalue weighted by Crippen LogP contribution is -2.07. The van der Waals surface area contributed by atoms with E-state index in [1.807, 2.05) is 6.92 Å². The molecule has 1 heterocycles. The number of rotatable bonds is 3. The van der Waals surface area contributed by atoms with Crippen molar-refractivity contribution in [2.75, 3.05) is 18.5 Å². The normalized spacial score (nSPS) is 9.64. The molecular weight excluding hydrogens is 142 g/mol. The van der Waals surface area contributed by atoms with Gasteiger partial charge < -0.3 is 10.4 Å². The second kappa shape index (κ2) is 3.88. The third kappa shape index (κ3) is 2.51. The fraction of sp³-hybridized carbons (Fsp3) is 0.429. The highest BCUT2D eigenvalue weighted by Gasteiger charge is 1.91. The highest BCUT2D eigenvalue weighted by molar-refractivity contribution is 5.32. The van der Waals surface area contributed by atoms with Gasteiger partial charge in [-0.25, -0.2) is 9.97 Å². The molecule has 0 fully saturated rings. The first-order valence-corrected chi connectivity index (χ1v) is 3.47. The molecular formula is C7H11N3O. The molecule has 0 unspecified atom stereocenters. The number of aliphatic hydroxyl groups excluding tert-OH is 1. The number of hydrogen-bond acceptors (Lipinski definition) is 4. The maximum atomic E-state index is 8.49. The molecule has 0 atom stereocenters. The van der Waals surface area contributed by atoms with Gasteiger partial charge in [0.25, 0.3) is 0 Å². The molecule has 0 bridgehead atoms. The molecule has 2 N–H and O–H groups in total. The molecule has 0 aliphatic heterocycles. The monoisotopic (exact) mass is 153 g/mol. The van der Waals surface area contributed by atoms with Crippen molar-refractivity contribution in [2.24, 2.45) is 0 Å². The van der Waals surface area contributed by atoms with Crippen LogP contribution in [0.25, 0.3) is 0 Å². The zero-order valence-corrected chi connectivity index (χ0v) is 6.41. The van der Waals surface area contributed by atoms with Crippen molar-refractivity contribution < 1.29 is 5.11 Å². The van der Waals surface area contributed by atoms with Gasteiger partial charge in [-0.3, -0.25) is 0 Å². The Morgan fingerprint density at radius 3 is 3.09 bits per heavy atom. The van der Waals surface area contributed by atoms with Crippen LogP contribution >= 0.6 is 0 Å². The zero-order chi connectivity index (χ0) is 8.10. The Morgan fingerprint density at radius 2 is 2.45 bits per heavy atom. The van der Waals surface area contributed by atoms with E-state index in [0.29, 0.717) is 6.54 Å². The maximum absolute atomic E-state index is 8.49. The highest BCUT2D eigenvalue weighted by Crippen LogP contribution is 1.99. The standard InChI is InChI=1S/C7H11N3O/c1-6-8-3-2-7(10-6)9-4-5-11/h2-3,11H,4-5H2,1H3,(H,8,9,10). The second-order valence-electron chi connectivity index (χ2n) is 2.14. The number of nitrogens with one attached hydrogen (secondary N) is 1. The molecule has 0 amide bonds. The van der Waals surface area contributed by atoms with Crippen molar-refractivity contribution in [3.8, 4) is 0 Å². The van der Waals surface area contributed by atoms with E-state index in [4.69, 9.17) is 5.11 Å². The van der Waals surface area contributed by atoms with Crippen molar-refractivity contribution in [1.82, 2.24) is 9.97 Å². The largest absolute Gasteiger partial charge is 0.395 e. The van der Waals surface area contributed by atoms with Crippen LogP contribution in [0.1, 0.15) is 5.82 Å². The maximum Gasteiger partial charge on any atom is 0.129 e. The van der Waals surface area contributed by atoms with E-state index in [2.05, 4.69) is 15.3 Å². The van der Waals surface area contributed by atoms with Gasteiger partial charge in [-0.1, -0.05) is 0 Å². The molecule has 0 aromatic carbocycles. The Balaban J connectivity index is 2.56. The molecule has 0 radical (unpaired) electrons. The van der Waals surface area contributed by atoms with Gasteiger partial charge in [-0.2, -0.15) is 0 Å². The summed E-state index contributed by atoms with van der Waals surface area (Å²) in [6.45, 7) is 2.46. The molecule has 0 aliphatic rings. The summed E-state index contributed by atoms with van der Waals surface area (Å²) in [5.41, 5.74) is 0. The Morgan fingerprint density at radius 1 is 1.64 bits per heavy atom. The average molecular weight is 153 g/mol. The van der Waals surface area contributed by atoms with Crippen LogP contribution in [0.2, 0.25) is 0 Å². The fourth-order valence-corrected chi connectivity index (χ4v) is 0.739. The quantitative estimate of drug-likeness (QED) is 0.650. The van der Waals surface area contributed by atoms with Crippen molar-refractivity contribution in [3.05, 3.63) is 18.1 Å². The van der Waals surface area contributed by atoms with Gasteiger partial charge in [0.05, 0.1) is 6.61 Å². The van der Waals surface area contributed by atoms with Crippen LogP contribution in [0.15, 0.2) is 12.3 Å². The van der Waals surface area contributed by atoms with Crippen molar-refractivity contribution in [3.63, 3.8) is 0 Å². The first-order valence-electron chi connectivity index (χ1n) is 3.47. The van der Waals surface area contributed by atoms with E-state index in [9.17, 15) is 0 Å².